The molecule has 0 N–H and O–H groups in total. The van der Waals surface area contributed by atoms with Crippen molar-refractivity contribution in [1.29, 1.82) is 0 Å². The van der Waals surface area contributed by atoms with Gasteiger partial charge in [-0.2, -0.15) is 0 Å². The molecule has 0 aliphatic heterocycles. The molecule has 0 fully saturated rings. The Morgan fingerprint density at radius 2 is 0.845 bits per heavy atom. The molecular weight excluding hydrogens is 707 g/mol. The Labute approximate surface area is 337 Å². The third-order valence-electron chi connectivity index (χ3n) is 11.7. The van der Waals surface area contributed by atoms with Crippen LogP contribution in [0.25, 0.3) is 101 Å². The largest absolute Gasteiger partial charge is 0.456 e. The predicted octanol–water partition coefficient (Wildman–Crippen LogP) is 14.1. The van der Waals surface area contributed by atoms with Crippen LogP contribution in [0.4, 0.5) is 0 Å². The van der Waals surface area contributed by atoms with Crippen LogP contribution < -0.4 is 0 Å². The molecule has 11 rings (SSSR count). The lowest BCUT2D eigenvalue weighted by Gasteiger charge is -2.22. The molecule has 0 spiro atoms. The number of rotatable bonds is 6. The molecular formula is C54H37N3O. The fourth-order valence-electron chi connectivity index (χ4n) is 8.78. The molecule has 274 valence electrons. The smallest absolute Gasteiger partial charge is 0.164 e. The van der Waals surface area contributed by atoms with Gasteiger partial charge in [-0.25, -0.2) is 15.0 Å². The van der Waals surface area contributed by atoms with Crippen LogP contribution in [0.3, 0.4) is 0 Å². The molecule has 0 amide bonds. The number of hydrogen-bond donors (Lipinski definition) is 0. The number of fused-ring (bicyclic) bond motifs is 6. The summed E-state index contributed by atoms with van der Waals surface area (Å²) in [6.07, 6.45) is 0. The minimum Gasteiger partial charge on any atom is -0.456 e. The molecule has 0 saturated carbocycles. The van der Waals surface area contributed by atoms with Crippen molar-refractivity contribution in [1.82, 2.24) is 15.0 Å². The van der Waals surface area contributed by atoms with Crippen molar-refractivity contribution >= 4 is 21.9 Å². The number of hydrogen-bond acceptors (Lipinski definition) is 4. The number of nitrogens with zero attached hydrogens (tertiary/aromatic N) is 3. The van der Waals surface area contributed by atoms with E-state index in [-0.39, 0.29) is 5.41 Å². The van der Waals surface area contributed by atoms with Crippen LogP contribution >= 0.6 is 0 Å². The van der Waals surface area contributed by atoms with Gasteiger partial charge in [0.2, 0.25) is 0 Å². The minimum absolute atomic E-state index is 0.0874. The van der Waals surface area contributed by atoms with Crippen LogP contribution in [0.1, 0.15) is 25.0 Å². The fourth-order valence-corrected chi connectivity index (χ4v) is 8.78. The Balaban J connectivity index is 1.05. The highest BCUT2D eigenvalue weighted by Crippen LogP contribution is 2.49. The lowest BCUT2D eigenvalue weighted by Crippen LogP contribution is -2.14. The first-order valence-electron chi connectivity index (χ1n) is 19.8. The topological polar surface area (TPSA) is 51.8 Å². The van der Waals surface area contributed by atoms with Crippen LogP contribution in [0, 0.1) is 0 Å². The second-order valence-corrected chi connectivity index (χ2v) is 15.6. The molecule has 4 heteroatoms. The molecule has 8 aromatic carbocycles. The van der Waals surface area contributed by atoms with Gasteiger partial charge in [-0.3, -0.25) is 0 Å². The van der Waals surface area contributed by atoms with Gasteiger partial charge in [0.05, 0.1) is 0 Å². The van der Waals surface area contributed by atoms with E-state index in [4.69, 9.17) is 19.4 Å². The van der Waals surface area contributed by atoms with Crippen molar-refractivity contribution in [3.63, 3.8) is 0 Å². The van der Waals surface area contributed by atoms with E-state index in [1.165, 1.54) is 22.3 Å². The summed E-state index contributed by atoms with van der Waals surface area (Å²) < 4.78 is 6.53. The molecule has 0 saturated heterocycles. The van der Waals surface area contributed by atoms with Gasteiger partial charge in [-0.05, 0) is 92.0 Å². The Morgan fingerprint density at radius 3 is 1.55 bits per heavy atom. The lowest BCUT2D eigenvalue weighted by atomic mass is 9.81. The van der Waals surface area contributed by atoms with Crippen molar-refractivity contribution in [2.24, 2.45) is 0 Å². The van der Waals surface area contributed by atoms with Gasteiger partial charge in [0.15, 0.2) is 17.5 Å². The van der Waals surface area contributed by atoms with Crippen LogP contribution in [-0.4, -0.2) is 15.0 Å². The van der Waals surface area contributed by atoms with Gasteiger partial charge in [-0.1, -0.05) is 166 Å². The summed E-state index contributed by atoms with van der Waals surface area (Å²) in [6.45, 7) is 4.65. The molecule has 4 nitrogen and oxygen atoms in total. The monoisotopic (exact) mass is 743 g/mol. The van der Waals surface area contributed by atoms with Crippen LogP contribution in [0.5, 0.6) is 0 Å². The molecule has 1 aliphatic carbocycles. The Morgan fingerprint density at radius 1 is 0.345 bits per heavy atom. The van der Waals surface area contributed by atoms with Gasteiger partial charge in [0.1, 0.15) is 11.2 Å². The molecule has 0 unspecified atom stereocenters. The summed E-state index contributed by atoms with van der Waals surface area (Å²) in [5, 5.41) is 2.15. The van der Waals surface area contributed by atoms with E-state index >= 15 is 0 Å². The van der Waals surface area contributed by atoms with Crippen molar-refractivity contribution < 1.29 is 4.42 Å². The lowest BCUT2D eigenvalue weighted by molar-refractivity contribution is 0.660. The molecule has 58 heavy (non-hydrogen) atoms. The zero-order valence-electron chi connectivity index (χ0n) is 32.1. The van der Waals surface area contributed by atoms with E-state index in [9.17, 15) is 0 Å². The molecule has 10 aromatic rings. The second kappa shape index (κ2) is 13.4. The van der Waals surface area contributed by atoms with E-state index in [0.29, 0.717) is 17.5 Å². The van der Waals surface area contributed by atoms with Crippen LogP contribution in [-0.2, 0) is 5.41 Å². The average Bonchev–Trinajstić information content (AvgIpc) is 3.78. The van der Waals surface area contributed by atoms with E-state index in [1.807, 2.05) is 18.2 Å². The van der Waals surface area contributed by atoms with Crippen molar-refractivity contribution in [2.75, 3.05) is 0 Å². The maximum Gasteiger partial charge on any atom is 0.164 e. The van der Waals surface area contributed by atoms with Gasteiger partial charge < -0.3 is 4.42 Å². The van der Waals surface area contributed by atoms with Gasteiger partial charge in [0, 0.05) is 32.9 Å². The van der Waals surface area contributed by atoms with Gasteiger partial charge in [-0.15, -0.1) is 0 Å². The molecule has 1 aliphatic rings. The third-order valence-corrected chi connectivity index (χ3v) is 11.7. The predicted molar refractivity (Wildman–Crippen MR) is 237 cm³/mol. The number of furan rings is 1. The zero-order valence-corrected chi connectivity index (χ0v) is 32.1. The molecule has 0 atom stereocenters. The fraction of sp³-hybridized carbons (Fsp3) is 0.0556. The number of benzene rings is 8. The second-order valence-electron chi connectivity index (χ2n) is 15.6. The standard InChI is InChI=1S/C54H37N3O/c1-54(2)46-24-10-9-22-43(46)44-28-26-38(32-47(44)54)37-19-12-21-40(31-37)52-55-51(39-20-11-18-36(30-39)34-14-5-3-6-15-34)56-53(57-52)41-27-29-45-49(33-41)58-48-25-13-23-42(50(45)48)35-16-7-4-8-17-35/h3-33H,1-2H3. The van der Waals surface area contributed by atoms with Gasteiger partial charge >= 0.3 is 0 Å². The highest BCUT2D eigenvalue weighted by Gasteiger charge is 2.35. The maximum absolute atomic E-state index is 6.53. The summed E-state index contributed by atoms with van der Waals surface area (Å²) in [4.78, 5) is 15.5. The maximum atomic E-state index is 6.53. The van der Waals surface area contributed by atoms with Crippen molar-refractivity contribution in [3.05, 3.63) is 199 Å². The normalized spacial score (nSPS) is 12.8. The summed E-state index contributed by atoms with van der Waals surface area (Å²) in [5.41, 5.74) is 16.4. The van der Waals surface area contributed by atoms with E-state index in [0.717, 1.165) is 72.0 Å². The molecule has 0 bridgehead atoms. The third kappa shape index (κ3) is 5.64. The SMILES string of the molecule is CC1(C)c2ccccc2-c2ccc(-c3cccc(-c4nc(-c5cccc(-c6ccccc6)c5)nc(-c5ccc6c(c5)oc5cccc(-c7ccccc7)c56)n4)c3)cc21. The summed E-state index contributed by atoms with van der Waals surface area (Å²) in [5.74, 6) is 1.80. The Kier molecular flexibility index (Phi) is 7.80. The van der Waals surface area contributed by atoms with E-state index in [2.05, 4.69) is 184 Å². The quantitative estimate of drug-likeness (QED) is 0.170. The Bertz CT molecular complexity index is 3200. The summed E-state index contributed by atoms with van der Waals surface area (Å²) in [6, 6.07) is 66.1. The Hall–Kier alpha value is -7.43. The highest BCUT2D eigenvalue weighted by atomic mass is 16.3. The molecule has 0 radical (unpaired) electrons. The highest BCUT2D eigenvalue weighted by molar-refractivity contribution is 6.13. The summed E-state index contributed by atoms with van der Waals surface area (Å²) >= 11 is 0. The van der Waals surface area contributed by atoms with Crippen LogP contribution in [0.2, 0.25) is 0 Å². The van der Waals surface area contributed by atoms with Crippen molar-refractivity contribution in [2.45, 2.75) is 19.3 Å². The van der Waals surface area contributed by atoms with E-state index in [1.54, 1.807) is 0 Å². The molecule has 2 heterocycles. The zero-order chi connectivity index (χ0) is 38.8. The molecule has 2 aromatic heterocycles. The first-order chi connectivity index (χ1) is 28.5. The first kappa shape index (κ1) is 33.9. The number of aromatic nitrogens is 3. The average molecular weight is 744 g/mol. The minimum atomic E-state index is -0.0874. The van der Waals surface area contributed by atoms with Crippen LogP contribution in [0.15, 0.2) is 192 Å². The first-order valence-corrected chi connectivity index (χ1v) is 19.8. The summed E-state index contributed by atoms with van der Waals surface area (Å²) in [7, 11) is 0. The van der Waals surface area contributed by atoms with Gasteiger partial charge in [0.25, 0.3) is 0 Å². The van der Waals surface area contributed by atoms with E-state index < -0.39 is 0 Å². The van der Waals surface area contributed by atoms with Crippen molar-refractivity contribution in [3.8, 4) is 78.7 Å².